The molecule has 0 unspecified atom stereocenters. The van der Waals surface area contributed by atoms with E-state index in [0.717, 1.165) is 31.7 Å². The average molecular weight is 372 g/mol. The van der Waals surface area contributed by atoms with Crippen LogP contribution in [0.2, 0.25) is 5.02 Å². The molecule has 0 aliphatic carbocycles. The molecule has 3 rings (SSSR count). The van der Waals surface area contributed by atoms with E-state index in [1.807, 2.05) is 24.3 Å². The zero-order chi connectivity index (χ0) is 18.5. The molecule has 5 heteroatoms. The molecule has 0 atom stereocenters. The first-order valence-corrected chi connectivity index (χ1v) is 9.46. The highest BCUT2D eigenvalue weighted by Crippen LogP contribution is 2.23. The molecular weight excluding hydrogens is 346 g/mol. The van der Waals surface area contributed by atoms with Crippen LogP contribution in [0.5, 0.6) is 0 Å². The van der Waals surface area contributed by atoms with Crippen molar-refractivity contribution in [1.82, 2.24) is 10.2 Å². The summed E-state index contributed by atoms with van der Waals surface area (Å²) in [5.41, 5.74) is 4.93. The number of rotatable bonds is 5. The topological polar surface area (TPSA) is 35.6 Å². The van der Waals surface area contributed by atoms with Crippen molar-refractivity contribution < 1.29 is 4.79 Å². The van der Waals surface area contributed by atoms with E-state index in [4.69, 9.17) is 11.6 Å². The van der Waals surface area contributed by atoms with E-state index in [2.05, 4.69) is 47.2 Å². The smallest absolute Gasteiger partial charge is 0.234 e. The zero-order valence-corrected chi connectivity index (χ0v) is 16.2. The Bertz CT molecular complexity index is 770. The van der Waals surface area contributed by atoms with Gasteiger partial charge in [-0.25, -0.2) is 0 Å². The molecular formula is C21H26ClN3O. The number of hydrogen-bond acceptors (Lipinski definition) is 3. The summed E-state index contributed by atoms with van der Waals surface area (Å²) in [5, 5.41) is 3.66. The number of nitrogens with zero attached hydrogens (tertiary/aromatic N) is 2. The lowest BCUT2D eigenvalue weighted by molar-refractivity contribution is -0.122. The van der Waals surface area contributed by atoms with E-state index < -0.39 is 0 Å². The van der Waals surface area contributed by atoms with Crippen molar-refractivity contribution >= 4 is 23.2 Å². The molecule has 1 heterocycles. The molecule has 2 aromatic rings. The molecule has 0 bridgehead atoms. The summed E-state index contributed by atoms with van der Waals surface area (Å²) in [6.07, 6.45) is 0. The summed E-state index contributed by atoms with van der Waals surface area (Å²) in [5.74, 6) is 0.0464. The molecule has 1 aliphatic heterocycles. The highest BCUT2D eigenvalue weighted by atomic mass is 35.5. The van der Waals surface area contributed by atoms with Gasteiger partial charge in [0.1, 0.15) is 0 Å². The number of anilines is 1. The summed E-state index contributed by atoms with van der Waals surface area (Å²) in [6.45, 7) is 8.92. The number of halogens is 1. The van der Waals surface area contributed by atoms with Crippen molar-refractivity contribution in [2.24, 2.45) is 0 Å². The maximum Gasteiger partial charge on any atom is 0.234 e. The number of amides is 1. The Morgan fingerprint density at radius 3 is 2.50 bits per heavy atom. The molecule has 4 nitrogen and oxygen atoms in total. The average Bonchev–Trinajstić information content (AvgIpc) is 2.64. The highest BCUT2D eigenvalue weighted by Gasteiger charge is 2.20. The van der Waals surface area contributed by atoms with Crippen LogP contribution in [0.4, 0.5) is 5.69 Å². The Labute approximate surface area is 160 Å². The van der Waals surface area contributed by atoms with Crippen LogP contribution in [0, 0.1) is 13.8 Å². The van der Waals surface area contributed by atoms with E-state index >= 15 is 0 Å². The lowest BCUT2D eigenvalue weighted by Crippen LogP contribution is -2.49. The Morgan fingerprint density at radius 1 is 1.04 bits per heavy atom. The molecule has 1 N–H and O–H groups in total. The van der Waals surface area contributed by atoms with Gasteiger partial charge in [-0.2, -0.15) is 0 Å². The number of nitrogens with one attached hydrogen (secondary N) is 1. The second-order valence-corrected chi connectivity index (χ2v) is 7.26. The number of piperazine rings is 1. The van der Waals surface area contributed by atoms with Crippen LogP contribution < -0.4 is 10.2 Å². The molecule has 138 valence electrons. The number of hydrogen-bond donors (Lipinski definition) is 1. The molecule has 0 spiro atoms. The summed E-state index contributed by atoms with van der Waals surface area (Å²) in [4.78, 5) is 16.9. The molecule has 2 aromatic carbocycles. The Hall–Kier alpha value is -2.04. The monoisotopic (exact) mass is 371 g/mol. The van der Waals surface area contributed by atoms with Crippen molar-refractivity contribution in [2.45, 2.75) is 20.4 Å². The van der Waals surface area contributed by atoms with Gasteiger partial charge in [-0.1, -0.05) is 41.9 Å². The van der Waals surface area contributed by atoms with Crippen molar-refractivity contribution in [1.29, 1.82) is 0 Å². The standard InChI is InChI=1S/C21H26ClN3O/c1-16-6-5-9-20(17(16)2)25-12-10-24(11-13-25)15-21(26)23-14-18-7-3-4-8-19(18)22/h3-9H,10-15H2,1-2H3,(H,23,26). The van der Waals surface area contributed by atoms with Crippen LogP contribution in [0.1, 0.15) is 16.7 Å². The summed E-state index contributed by atoms with van der Waals surface area (Å²) in [7, 11) is 0. The quantitative estimate of drug-likeness (QED) is 0.875. The largest absolute Gasteiger partial charge is 0.369 e. The first kappa shape index (κ1) is 18.7. The van der Waals surface area contributed by atoms with Gasteiger partial charge in [-0.15, -0.1) is 0 Å². The minimum atomic E-state index is 0.0464. The van der Waals surface area contributed by atoms with Crippen molar-refractivity contribution in [3.05, 3.63) is 64.2 Å². The van der Waals surface area contributed by atoms with E-state index in [1.165, 1.54) is 16.8 Å². The van der Waals surface area contributed by atoms with E-state index in [1.54, 1.807) is 0 Å². The van der Waals surface area contributed by atoms with Crippen LogP contribution >= 0.6 is 11.6 Å². The molecule has 1 amide bonds. The van der Waals surface area contributed by atoms with Gasteiger partial charge in [0, 0.05) is 43.4 Å². The molecule has 0 saturated carbocycles. The van der Waals surface area contributed by atoms with Crippen LogP contribution in [0.3, 0.4) is 0 Å². The van der Waals surface area contributed by atoms with Crippen LogP contribution in [-0.4, -0.2) is 43.5 Å². The van der Waals surface area contributed by atoms with Gasteiger partial charge < -0.3 is 10.2 Å². The van der Waals surface area contributed by atoms with Crippen molar-refractivity contribution in [3.8, 4) is 0 Å². The Kier molecular flexibility index (Phi) is 6.17. The predicted octanol–water partition coefficient (Wildman–Crippen LogP) is 3.40. The molecule has 1 aliphatic rings. The second kappa shape index (κ2) is 8.56. The molecule has 0 aromatic heterocycles. The number of carbonyl (C=O) groups excluding carboxylic acids is 1. The maximum atomic E-state index is 12.2. The maximum absolute atomic E-state index is 12.2. The summed E-state index contributed by atoms with van der Waals surface area (Å²) >= 11 is 6.13. The number of aryl methyl sites for hydroxylation is 1. The van der Waals surface area contributed by atoms with Gasteiger partial charge in [0.2, 0.25) is 5.91 Å². The normalized spacial score (nSPS) is 15.1. The van der Waals surface area contributed by atoms with Gasteiger partial charge >= 0.3 is 0 Å². The second-order valence-electron chi connectivity index (χ2n) is 6.85. The Balaban J connectivity index is 1.47. The van der Waals surface area contributed by atoms with E-state index in [0.29, 0.717) is 18.1 Å². The van der Waals surface area contributed by atoms with Gasteiger partial charge in [-0.05, 0) is 42.7 Å². The van der Waals surface area contributed by atoms with Gasteiger partial charge in [0.15, 0.2) is 0 Å². The highest BCUT2D eigenvalue weighted by molar-refractivity contribution is 6.31. The fraction of sp³-hybridized carbons (Fsp3) is 0.381. The first-order chi connectivity index (χ1) is 12.5. The number of carbonyl (C=O) groups is 1. The summed E-state index contributed by atoms with van der Waals surface area (Å²) < 4.78 is 0. The zero-order valence-electron chi connectivity index (χ0n) is 15.5. The van der Waals surface area contributed by atoms with Gasteiger partial charge in [0.05, 0.1) is 6.54 Å². The van der Waals surface area contributed by atoms with Crippen molar-refractivity contribution in [3.63, 3.8) is 0 Å². The minimum absolute atomic E-state index is 0.0464. The fourth-order valence-corrected chi connectivity index (χ4v) is 3.52. The molecule has 1 saturated heterocycles. The van der Waals surface area contributed by atoms with Gasteiger partial charge in [0.25, 0.3) is 0 Å². The fourth-order valence-electron chi connectivity index (χ4n) is 3.32. The van der Waals surface area contributed by atoms with E-state index in [-0.39, 0.29) is 5.91 Å². The van der Waals surface area contributed by atoms with E-state index in [9.17, 15) is 4.79 Å². The van der Waals surface area contributed by atoms with Crippen LogP contribution in [-0.2, 0) is 11.3 Å². The third-order valence-electron chi connectivity index (χ3n) is 5.09. The van der Waals surface area contributed by atoms with Gasteiger partial charge in [-0.3, -0.25) is 9.69 Å². The molecule has 1 fully saturated rings. The third-order valence-corrected chi connectivity index (χ3v) is 5.46. The number of benzene rings is 2. The van der Waals surface area contributed by atoms with Crippen molar-refractivity contribution in [2.75, 3.05) is 37.6 Å². The Morgan fingerprint density at radius 2 is 1.77 bits per heavy atom. The SMILES string of the molecule is Cc1cccc(N2CCN(CC(=O)NCc3ccccc3Cl)CC2)c1C. The minimum Gasteiger partial charge on any atom is -0.369 e. The molecule has 26 heavy (non-hydrogen) atoms. The lowest BCUT2D eigenvalue weighted by Gasteiger charge is -2.36. The summed E-state index contributed by atoms with van der Waals surface area (Å²) in [6, 6.07) is 14.1. The molecule has 0 radical (unpaired) electrons. The van der Waals surface area contributed by atoms with Crippen LogP contribution in [0.25, 0.3) is 0 Å². The van der Waals surface area contributed by atoms with Crippen LogP contribution in [0.15, 0.2) is 42.5 Å². The third kappa shape index (κ3) is 4.57. The predicted molar refractivity (Wildman–Crippen MR) is 108 cm³/mol. The lowest BCUT2D eigenvalue weighted by atomic mass is 10.1. The first-order valence-electron chi connectivity index (χ1n) is 9.08.